The van der Waals surface area contributed by atoms with E-state index in [0.29, 0.717) is 59.3 Å². The zero-order chi connectivity index (χ0) is 22.2. The number of ether oxygens (including phenoxy) is 3. The minimum absolute atomic E-state index is 0.334. The molecule has 3 atom stereocenters. The van der Waals surface area contributed by atoms with Gasteiger partial charge in [0.1, 0.15) is 0 Å². The maximum Gasteiger partial charge on any atom is 0.0900 e. The van der Waals surface area contributed by atoms with Crippen molar-refractivity contribution in [3.05, 3.63) is 0 Å². The van der Waals surface area contributed by atoms with Crippen molar-refractivity contribution in [1.29, 1.82) is 0 Å². The van der Waals surface area contributed by atoms with Gasteiger partial charge >= 0.3 is 0 Å². The van der Waals surface area contributed by atoms with Gasteiger partial charge in [-0.3, -0.25) is 14.7 Å². The average molecular weight is 436 g/mol. The fourth-order valence-electron chi connectivity index (χ4n) is 3.55. The molecule has 9 heteroatoms. The highest BCUT2D eigenvalue weighted by Crippen LogP contribution is 2.05. The summed E-state index contributed by atoms with van der Waals surface area (Å²) in [5.74, 6) is 0. The molecule has 0 amide bonds. The van der Waals surface area contributed by atoms with Crippen LogP contribution >= 0.6 is 0 Å². The molecule has 0 bridgehead atoms. The molecule has 1 aliphatic rings. The first kappa shape index (κ1) is 27.7. The Morgan fingerprint density at radius 1 is 0.533 bits per heavy atom. The van der Waals surface area contributed by atoms with Gasteiger partial charge in [0, 0.05) is 78.7 Å². The van der Waals surface area contributed by atoms with E-state index in [1.54, 1.807) is 0 Å². The van der Waals surface area contributed by atoms with E-state index in [2.05, 4.69) is 14.7 Å². The standard InChI is InChI=1S/C21H45N3O6/c1-4-28-16-19(25)13-22-7-9-23(14-20(26)17-29-5-2)11-12-24(10-8-22)15-21(27)18-30-6-3/h19-21,25-27H,4-18H2,1-3H3. The summed E-state index contributed by atoms with van der Waals surface area (Å²) in [5, 5.41) is 30.8. The van der Waals surface area contributed by atoms with Crippen LogP contribution in [0.1, 0.15) is 20.8 Å². The van der Waals surface area contributed by atoms with Crippen molar-refractivity contribution in [2.45, 2.75) is 39.1 Å². The number of aliphatic hydroxyl groups is 3. The highest BCUT2D eigenvalue weighted by Gasteiger charge is 2.21. The molecule has 1 heterocycles. The number of hydrogen-bond acceptors (Lipinski definition) is 9. The van der Waals surface area contributed by atoms with E-state index < -0.39 is 18.3 Å². The van der Waals surface area contributed by atoms with E-state index in [4.69, 9.17) is 14.2 Å². The summed E-state index contributed by atoms with van der Waals surface area (Å²) in [5.41, 5.74) is 0. The van der Waals surface area contributed by atoms with Gasteiger partial charge in [0.2, 0.25) is 0 Å². The van der Waals surface area contributed by atoms with Crippen molar-refractivity contribution in [2.75, 3.05) is 98.5 Å². The van der Waals surface area contributed by atoms with Crippen LogP contribution in [0.2, 0.25) is 0 Å². The van der Waals surface area contributed by atoms with Gasteiger partial charge in [-0.2, -0.15) is 0 Å². The van der Waals surface area contributed by atoms with E-state index in [0.717, 1.165) is 39.3 Å². The molecule has 0 aliphatic carbocycles. The highest BCUT2D eigenvalue weighted by atomic mass is 16.5. The van der Waals surface area contributed by atoms with Gasteiger partial charge in [-0.25, -0.2) is 0 Å². The lowest BCUT2D eigenvalue weighted by atomic mass is 10.3. The van der Waals surface area contributed by atoms with Crippen LogP contribution in [0, 0.1) is 0 Å². The summed E-state index contributed by atoms with van der Waals surface area (Å²) >= 11 is 0. The maximum absolute atomic E-state index is 10.3. The summed E-state index contributed by atoms with van der Waals surface area (Å²) in [6.07, 6.45) is -1.58. The summed E-state index contributed by atoms with van der Waals surface area (Å²) in [4.78, 5) is 6.70. The number of β-amino-alcohol motifs (C(OH)–C–C–N with tert-alkyl or cyclic N) is 3. The lowest BCUT2D eigenvalue weighted by molar-refractivity contribution is 0.0125. The van der Waals surface area contributed by atoms with Gasteiger partial charge in [0.05, 0.1) is 38.1 Å². The summed E-state index contributed by atoms with van der Waals surface area (Å²) in [6.45, 7) is 15.0. The first-order valence-electron chi connectivity index (χ1n) is 11.4. The SMILES string of the molecule is CCOCC(O)CN1CCN(CC(O)COCC)CCN(CC(O)COCC)CC1. The topological polar surface area (TPSA) is 98.1 Å². The largest absolute Gasteiger partial charge is 0.389 e. The molecule has 9 nitrogen and oxygen atoms in total. The van der Waals surface area contributed by atoms with Crippen LogP contribution in [0.3, 0.4) is 0 Å². The van der Waals surface area contributed by atoms with Gasteiger partial charge < -0.3 is 29.5 Å². The predicted octanol–water partition coefficient (Wildman–Crippen LogP) is -0.902. The smallest absolute Gasteiger partial charge is 0.0900 e. The van der Waals surface area contributed by atoms with E-state index >= 15 is 0 Å². The average Bonchev–Trinajstić information content (AvgIpc) is 2.81. The fourth-order valence-corrected chi connectivity index (χ4v) is 3.55. The molecule has 180 valence electrons. The Bertz CT molecular complexity index is 338. The van der Waals surface area contributed by atoms with Gasteiger partial charge in [0.15, 0.2) is 0 Å². The Kier molecular flexibility index (Phi) is 15.9. The molecule has 3 unspecified atom stereocenters. The first-order chi connectivity index (χ1) is 14.5. The summed E-state index contributed by atoms with van der Waals surface area (Å²) in [6, 6.07) is 0. The van der Waals surface area contributed by atoms with Crippen LogP contribution in [0.15, 0.2) is 0 Å². The maximum atomic E-state index is 10.3. The van der Waals surface area contributed by atoms with Crippen LogP contribution in [0.5, 0.6) is 0 Å². The number of nitrogens with zero attached hydrogens (tertiary/aromatic N) is 3. The Hall–Kier alpha value is -0.360. The van der Waals surface area contributed by atoms with Gasteiger partial charge in [-0.15, -0.1) is 0 Å². The van der Waals surface area contributed by atoms with Crippen LogP contribution < -0.4 is 0 Å². The molecule has 1 rings (SSSR count). The molecule has 0 radical (unpaired) electrons. The van der Waals surface area contributed by atoms with Crippen LogP contribution in [0.4, 0.5) is 0 Å². The molecule has 0 aromatic heterocycles. The second-order valence-corrected chi connectivity index (χ2v) is 7.84. The second-order valence-electron chi connectivity index (χ2n) is 7.84. The third-order valence-corrected chi connectivity index (χ3v) is 5.15. The minimum Gasteiger partial charge on any atom is -0.389 e. The normalized spacial score (nSPS) is 21.0. The van der Waals surface area contributed by atoms with Crippen molar-refractivity contribution in [2.24, 2.45) is 0 Å². The molecular weight excluding hydrogens is 390 g/mol. The van der Waals surface area contributed by atoms with Crippen molar-refractivity contribution in [1.82, 2.24) is 14.7 Å². The third kappa shape index (κ3) is 13.1. The zero-order valence-corrected chi connectivity index (χ0v) is 19.2. The van der Waals surface area contributed by atoms with Crippen LogP contribution in [-0.4, -0.2) is 147 Å². The van der Waals surface area contributed by atoms with Crippen LogP contribution in [-0.2, 0) is 14.2 Å². The molecule has 0 saturated carbocycles. The van der Waals surface area contributed by atoms with E-state index in [9.17, 15) is 15.3 Å². The Morgan fingerprint density at radius 2 is 0.767 bits per heavy atom. The third-order valence-electron chi connectivity index (χ3n) is 5.15. The molecule has 3 N–H and O–H groups in total. The predicted molar refractivity (Wildman–Crippen MR) is 117 cm³/mol. The molecule has 0 aromatic rings. The van der Waals surface area contributed by atoms with Gasteiger partial charge in [-0.1, -0.05) is 0 Å². The van der Waals surface area contributed by atoms with Crippen molar-refractivity contribution >= 4 is 0 Å². The minimum atomic E-state index is -0.528. The van der Waals surface area contributed by atoms with E-state index in [1.165, 1.54) is 0 Å². The summed E-state index contributed by atoms with van der Waals surface area (Å²) in [7, 11) is 0. The number of aliphatic hydroxyl groups excluding tert-OH is 3. The summed E-state index contributed by atoms with van der Waals surface area (Å²) < 4.78 is 16.0. The second kappa shape index (κ2) is 17.2. The molecule has 0 spiro atoms. The van der Waals surface area contributed by atoms with E-state index in [1.807, 2.05) is 20.8 Å². The monoisotopic (exact) mass is 435 g/mol. The Morgan fingerprint density at radius 3 is 0.967 bits per heavy atom. The van der Waals surface area contributed by atoms with Crippen LogP contribution in [0.25, 0.3) is 0 Å². The first-order valence-corrected chi connectivity index (χ1v) is 11.4. The Balaban J connectivity index is 2.67. The molecular formula is C21H45N3O6. The zero-order valence-electron chi connectivity index (χ0n) is 19.2. The molecule has 0 aromatic carbocycles. The van der Waals surface area contributed by atoms with Crippen molar-refractivity contribution < 1.29 is 29.5 Å². The lowest BCUT2D eigenvalue weighted by Gasteiger charge is -2.28. The molecule has 30 heavy (non-hydrogen) atoms. The highest BCUT2D eigenvalue weighted by molar-refractivity contribution is 4.76. The quantitative estimate of drug-likeness (QED) is 0.302. The molecule has 1 aliphatic heterocycles. The number of hydrogen-bond donors (Lipinski definition) is 3. The van der Waals surface area contributed by atoms with Gasteiger partial charge in [0.25, 0.3) is 0 Å². The van der Waals surface area contributed by atoms with E-state index in [-0.39, 0.29) is 0 Å². The fraction of sp³-hybridized carbons (Fsp3) is 1.00. The molecule has 1 saturated heterocycles. The van der Waals surface area contributed by atoms with Crippen molar-refractivity contribution in [3.8, 4) is 0 Å². The number of rotatable bonds is 15. The van der Waals surface area contributed by atoms with Gasteiger partial charge in [-0.05, 0) is 20.8 Å². The lowest BCUT2D eigenvalue weighted by Crippen LogP contribution is -2.43. The Labute approximate surface area is 182 Å². The molecule has 1 fully saturated rings. The van der Waals surface area contributed by atoms with Crippen molar-refractivity contribution in [3.63, 3.8) is 0 Å².